The van der Waals surface area contributed by atoms with Crippen LogP contribution in [-0.2, 0) is 0 Å². The van der Waals surface area contributed by atoms with E-state index in [2.05, 4.69) is 85.6 Å². The van der Waals surface area contributed by atoms with E-state index in [0.717, 1.165) is 62.3 Å². The smallest absolute Gasteiger partial charge is 0.000779 e. The summed E-state index contributed by atoms with van der Waals surface area (Å²) in [5.74, 6) is 5.19. The zero-order chi connectivity index (χ0) is 28.0. The van der Waals surface area contributed by atoms with Crippen LogP contribution in [0.4, 0.5) is 0 Å². The van der Waals surface area contributed by atoms with Crippen molar-refractivity contribution in [3.05, 3.63) is 0 Å². The van der Waals surface area contributed by atoms with Gasteiger partial charge in [-0.25, -0.2) is 0 Å². The second-order valence-electron chi connectivity index (χ2n) is 8.72. The average Bonchev–Trinajstić information content (AvgIpc) is 2.90. The van der Waals surface area contributed by atoms with E-state index in [0.29, 0.717) is 43.9 Å². The molecule has 0 aromatic carbocycles. The highest BCUT2D eigenvalue weighted by Gasteiger charge is 2.17. The van der Waals surface area contributed by atoms with E-state index < -0.39 is 0 Å². The maximum atomic E-state index is 5.40. The third kappa shape index (κ3) is 33.1. The van der Waals surface area contributed by atoms with E-state index in [1.165, 1.54) is 0 Å². The van der Waals surface area contributed by atoms with E-state index in [-0.39, 0.29) is 5.41 Å². The Morgan fingerprint density at radius 1 is 0.629 bits per heavy atom. The van der Waals surface area contributed by atoms with Crippen molar-refractivity contribution < 1.29 is 0 Å². The topological polar surface area (TPSA) is 152 Å². The summed E-state index contributed by atoms with van der Waals surface area (Å²) in [4.78, 5) is 0. The Balaban J connectivity index is -0.000000186. The minimum absolute atomic E-state index is 0.0448. The predicted octanol–water partition coefficient (Wildman–Crippen LogP) is 0.0123. The van der Waals surface area contributed by atoms with Crippen molar-refractivity contribution in [1.29, 1.82) is 0 Å². The second kappa shape index (κ2) is 35.1. The molecule has 0 heterocycles. The third-order valence-electron chi connectivity index (χ3n) is 5.16. The summed E-state index contributed by atoms with van der Waals surface area (Å²) < 4.78 is 0. The fraction of sp³-hybridized carbons (Fsp3) is 1.00. The first-order valence-electron chi connectivity index (χ1n) is 12.7. The molecule has 0 spiro atoms. The zero-order valence-electron chi connectivity index (χ0n) is 23.2. The lowest BCUT2D eigenvalue weighted by molar-refractivity contribution is 0.403. The molecule has 0 aromatic heterocycles. The Bertz CT molecular complexity index is 339. The average molecular weight is 579 g/mol. The van der Waals surface area contributed by atoms with Crippen molar-refractivity contribution >= 4 is 50.5 Å². The first-order valence-corrected chi connectivity index (χ1v) is 15.2. The van der Waals surface area contributed by atoms with Crippen molar-refractivity contribution in [1.82, 2.24) is 21.3 Å². The number of hydrogen-bond acceptors (Lipinski definition) is 12. The van der Waals surface area contributed by atoms with Crippen LogP contribution in [0.5, 0.6) is 0 Å². The van der Waals surface area contributed by atoms with E-state index in [1.807, 2.05) is 21.0 Å². The van der Waals surface area contributed by atoms with Gasteiger partial charge in [0.05, 0.1) is 0 Å². The Labute approximate surface area is 240 Å². The number of nitrogens with two attached hydrogens (primary N) is 4. The molecular weight excluding hydrogens is 517 g/mol. The van der Waals surface area contributed by atoms with Crippen LogP contribution in [0.2, 0.25) is 0 Å². The van der Waals surface area contributed by atoms with Gasteiger partial charge in [-0.05, 0) is 120 Å². The van der Waals surface area contributed by atoms with Gasteiger partial charge in [0, 0.05) is 5.41 Å². The number of thiol groups is 4. The van der Waals surface area contributed by atoms with Gasteiger partial charge in [-0.3, -0.25) is 0 Å². The molecule has 0 amide bonds. The molecule has 0 unspecified atom stereocenters. The minimum Gasteiger partial charge on any atom is -0.330 e. The van der Waals surface area contributed by atoms with Crippen molar-refractivity contribution in [2.75, 3.05) is 103 Å². The van der Waals surface area contributed by atoms with Gasteiger partial charge in [-0.1, -0.05) is 20.8 Å². The first-order chi connectivity index (χ1) is 16.7. The molecule has 0 aliphatic heterocycles. The second-order valence-corrected chi connectivity index (χ2v) is 10.1. The molecule has 0 aliphatic rings. The largest absolute Gasteiger partial charge is 0.330 e. The molecule has 0 aliphatic carbocycles. The number of hydrogen-bond donors (Lipinski definition) is 12. The maximum Gasteiger partial charge on any atom is 0.000779 e. The molecule has 0 saturated carbocycles. The highest BCUT2D eigenvalue weighted by Crippen LogP contribution is 2.12. The monoisotopic (exact) mass is 578 g/mol. The molecule has 12 N–H and O–H groups in total. The molecule has 0 aromatic rings. The van der Waals surface area contributed by atoms with Crippen LogP contribution in [-0.4, -0.2) is 103 Å². The van der Waals surface area contributed by atoms with Gasteiger partial charge in [0.1, 0.15) is 0 Å². The van der Waals surface area contributed by atoms with E-state index in [9.17, 15) is 0 Å². The zero-order valence-corrected chi connectivity index (χ0v) is 26.8. The van der Waals surface area contributed by atoms with Crippen molar-refractivity contribution in [3.8, 4) is 0 Å². The normalized spacial score (nSPS) is 11.0. The SMILES string of the molecule is CC(CN)(CN)CS.CCNCC(CS)CNCC.CNCC(CS)CNC.NCC(CN)CS. The summed E-state index contributed by atoms with van der Waals surface area (Å²) in [5, 5.41) is 12.9. The quantitative estimate of drug-likeness (QED) is 0.102. The summed E-state index contributed by atoms with van der Waals surface area (Å²) in [7, 11) is 3.93. The van der Waals surface area contributed by atoms with Crippen molar-refractivity contribution in [3.63, 3.8) is 0 Å². The number of nitrogens with one attached hydrogen (secondary N) is 4. The molecule has 0 saturated heterocycles. The molecule has 0 fully saturated rings. The summed E-state index contributed by atoms with van der Waals surface area (Å²) in [6, 6.07) is 0. The summed E-state index contributed by atoms with van der Waals surface area (Å²) in [6.07, 6.45) is 0. The standard InChI is InChI=1S/C8H20N2S.C6H16N2S.C5H14N2S.C4H12N2S/c1-3-9-5-8(7-11)6-10-4-2;1-7-3-6(5-9)4-8-2;1-5(2-6,3-7)4-8;5-1-4(2-6)3-7/h8-11H,3-7H2,1-2H3;6-9H,3-5H2,1-2H3;8H,2-4,6-7H2,1H3;4,7H,1-3,5-6H2. The van der Waals surface area contributed by atoms with Crippen LogP contribution >= 0.6 is 50.5 Å². The molecule has 8 nitrogen and oxygen atoms in total. The van der Waals surface area contributed by atoms with Crippen LogP contribution in [0.3, 0.4) is 0 Å². The van der Waals surface area contributed by atoms with Crippen molar-refractivity contribution in [2.24, 2.45) is 46.1 Å². The summed E-state index contributed by atoms with van der Waals surface area (Å²) >= 11 is 16.6. The van der Waals surface area contributed by atoms with Crippen LogP contribution < -0.4 is 44.2 Å². The van der Waals surface area contributed by atoms with E-state index in [4.69, 9.17) is 22.9 Å². The van der Waals surface area contributed by atoms with E-state index >= 15 is 0 Å². The fourth-order valence-corrected chi connectivity index (χ4v) is 3.21. The lowest BCUT2D eigenvalue weighted by Crippen LogP contribution is -2.36. The van der Waals surface area contributed by atoms with Crippen LogP contribution in [0.25, 0.3) is 0 Å². The van der Waals surface area contributed by atoms with Gasteiger partial charge in [-0.15, -0.1) is 0 Å². The van der Waals surface area contributed by atoms with Gasteiger partial charge in [-0.2, -0.15) is 50.5 Å². The Morgan fingerprint density at radius 2 is 0.971 bits per heavy atom. The summed E-state index contributed by atoms with van der Waals surface area (Å²) in [6.45, 7) is 15.2. The molecule has 0 rings (SSSR count). The molecule has 35 heavy (non-hydrogen) atoms. The first kappa shape index (κ1) is 43.1. The summed E-state index contributed by atoms with van der Waals surface area (Å²) in [5.41, 5.74) is 21.4. The minimum atomic E-state index is 0.0448. The van der Waals surface area contributed by atoms with Crippen molar-refractivity contribution in [2.45, 2.75) is 20.8 Å². The fourth-order valence-electron chi connectivity index (χ4n) is 2.13. The number of rotatable bonds is 18. The highest BCUT2D eigenvalue weighted by atomic mass is 32.1. The third-order valence-corrected chi connectivity index (χ3v) is 7.47. The van der Waals surface area contributed by atoms with Gasteiger partial charge in [0.25, 0.3) is 0 Å². The lowest BCUT2D eigenvalue weighted by atomic mass is 9.94. The molecule has 0 atom stereocenters. The Kier molecular flexibility index (Phi) is 43.2. The van der Waals surface area contributed by atoms with Crippen LogP contribution in [0, 0.1) is 23.2 Å². The molecule has 218 valence electrons. The molecule has 12 heteroatoms. The Morgan fingerprint density at radius 3 is 1.11 bits per heavy atom. The lowest BCUT2D eigenvalue weighted by Gasteiger charge is -2.22. The predicted molar refractivity (Wildman–Crippen MR) is 175 cm³/mol. The van der Waals surface area contributed by atoms with Crippen LogP contribution in [0.15, 0.2) is 0 Å². The van der Waals surface area contributed by atoms with Gasteiger partial charge in [0.2, 0.25) is 0 Å². The van der Waals surface area contributed by atoms with E-state index in [1.54, 1.807) is 0 Å². The molecule has 0 bridgehead atoms. The van der Waals surface area contributed by atoms with Gasteiger partial charge >= 0.3 is 0 Å². The van der Waals surface area contributed by atoms with Gasteiger partial charge in [0.15, 0.2) is 0 Å². The molecule has 0 radical (unpaired) electrons. The Hall–Kier alpha value is 1.08. The highest BCUT2D eigenvalue weighted by molar-refractivity contribution is 7.80. The maximum absolute atomic E-state index is 5.40. The van der Waals surface area contributed by atoms with Gasteiger partial charge < -0.3 is 44.2 Å². The molecular formula is C23H62N8S4. The van der Waals surface area contributed by atoms with Crippen LogP contribution in [0.1, 0.15) is 20.8 Å².